The number of hydrogen-bond donors (Lipinski definition) is 1. The molecular formula is C21H26N4O4S. The number of carbonyl (C=O) groups is 3. The van der Waals surface area contributed by atoms with Gasteiger partial charge in [0.15, 0.2) is 0 Å². The average Bonchev–Trinajstić information content (AvgIpc) is 3.42. The Morgan fingerprint density at radius 1 is 1.10 bits per heavy atom. The number of hydrogen-bond acceptors (Lipinski definition) is 6. The molecular weight excluding hydrogens is 404 g/mol. The maximum absolute atomic E-state index is 12.8. The Hall–Kier alpha value is -2.68. The van der Waals surface area contributed by atoms with Crippen LogP contribution in [0.15, 0.2) is 22.0 Å². The number of amides is 3. The molecule has 0 bridgehead atoms. The van der Waals surface area contributed by atoms with Crippen molar-refractivity contribution in [1.82, 2.24) is 15.0 Å². The molecule has 8 nitrogen and oxygen atoms in total. The molecule has 4 heterocycles. The molecule has 2 saturated heterocycles. The van der Waals surface area contributed by atoms with Crippen molar-refractivity contribution < 1.29 is 18.9 Å². The highest BCUT2D eigenvalue weighted by Crippen LogP contribution is 2.30. The van der Waals surface area contributed by atoms with Gasteiger partial charge in [-0.3, -0.25) is 14.4 Å². The van der Waals surface area contributed by atoms with Gasteiger partial charge in [0.2, 0.25) is 11.7 Å². The molecule has 0 radical (unpaired) electrons. The van der Waals surface area contributed by atoms with Crippen molar-refractivity contribution >= 4 is 29.1 Å². The van der Waals surface area contributed by atoms with E-state index < -0.39 is 0 Å². The number of aryl methyl sites for hydroxylation is 1. The third-order valence-corrected chi connectivity index (χ3v) is 7.03. The zero-order valence-corrected chi connectivity index (χ0v) is 17.8. The molecule has 2 aliphatic rings. The van der Waals surface area contributed by atoms with Gasteiger partial charge in [-0.05, 0) is 49.6 Å². The summed E-state index contributed by atoms with van der Waals surface area (Å²) in [5.74, 6) is -0.493. The smallest absolute Gasteiger partial charge is 0.292 e. The van der Waals surface area contributed by atoms with Crippen LogP contribution in [0.1, 0.15) is 63.1 Å². The topological polar surface area (TPSA) is 110 Å². The molecule has 2 aromatic heterocycles. The Kier molecular flexibility index (Phi) is 5.90. The molecule has 2 aromatic rings. The maximum Gasteiger partial charge on any atom is 0.292 e. The lowest BCUT2D eigenvalue weighted by atomic mass is 9.93. The summed E-state index contributed by atoms with van der Waals surface area (Å²) in [6.07, 6.45) is 3.02. The van der Waals surface area contributed by atoms with E-state index >= 15 is 0 Å². The molecule has 160 valence electrons. The second-order valence-electron chi connectivity index (χ2n) is 8.16. The molecule has 30 heavy (non-hydrogen) atoms. The van der Waals surface area contributed by atoms with Gasteiger partial charge < -0.3 is 20.1 Å². The lowest BCUT2D eigenvalue weighted by molar-refractivity contribution is -0.123. The van der Waals surface area contributed by atoms with Crippen LogP contribution in [0, 0.1) is 12.8 Å². The van der Waals surface area contributed by atoms with E-state index in [2.05, 4.69) is 5.16 Å². The number of nitrogens with zero attached hydrogens (tertiary/aromatic N) is 3. The number of rotatable bonds is 4. The predicted molar refractivity (Wildman–Crippen MR) is 111 cm³/mol. The summed E-state index contributed by atoms with van der Waals surface area (Å²) in [5, 5.41) is 6.11. The van der Waals surface area contributed by atoms with E-state index in [1.165, 1.54) is 11.3 Å². The lowest BCUT2D eigenvalue weighted by Crippen LogP contribution is -2.44. The fourth-order valence-electron chi connectivity index (χ4n) is 4.21. The number of likely N-dealkylation sites (tertiary alicyclic amines) is 2. The zero-order chi connectivity index (χ0) is 21.3. The molecule has 3 amide bonds. The number of aromatic nitrogens is 1. The minimum absolute atomic E-state index is 0.0803. The van der Waals surface area contributed by atoms with Crippen molar-refractivity contribution in [3.8, 4) is 0 Å². The van der Waals surface area contributed by atoms with Crippen LogP contribution >= 0.6 is 11.3 Å². The Bertz CT molecular complexity index is 944. The lowest BCUT2D eigenvalue weighted by Gasteiger charge is -2.31. The molecule has 0 aliphatic carbocycles. The second kappa shape index (κ2) is 8.59. The first-order valence-electron chi connectivity index (χ1n) is 10.3. The van der Waals surface area contributed by atoms with Crippen LogP contribution in [0.5, 0.6) is 0 Å². The molecule has 0 unspecified atom stereocenters. The van der Waals surface area contributed by atoms with Gasteiger partial charge in [-0.25, -0.2) is 0 Å². The molecule has 2 fully saturated rings. The van der Waals surface area contributed by atoms with Crippen molar-refractivity contribution in [2.75, 3.05) is 26.2 Å². The first-order chi connectivity index (χ1) is 14.4. The number of thiophene rings is 1. The number of carbonyl (C=O) groups excluding carboxylic acids is 3. The number of primary amides is 1. The molecule has 1 atom stereocenters. The molecule has 0 aromatic carbocycles. The fourth-order valence-corrected chi connectivity index (χ4v) is 5.07. The number of piperidine rings is 2. The summed E-state index contributed by atoms with van der Waals surface area (Å²) >= 11 is 1.48. The summed E-state index contributed by atoms with van der Waals surface area (Å²) in [4.78, 5) is 41.1. The van der Waals surface area contributed by atoms with Crippen LogP contribution in [0.4, 0.5) is 0 Å². The third-order valence-electron chi connectivity index (χ3n) is 5.99. The second-order valence-corrected chi connectivity index (χ2v) is 9.07. The first-order valence-corrected chi connectivity index (χ1v) is 11.2. The molecule has 0 spiro atoms. The maximum atomic E-state index is 12.8. The van der Waals surface area contributed by atoms with E-state index in [9.17, 15) is 14.4 Å². The summed E-state index contributed by atoms with van der Waals surface area (Å²) in [7, 11) is 0. The van der Waals surface area contributed by atoms with Crippen molar-refractivity contribution in [2.45, 2.75) is 38.5 Å². The first kappa shape index (κ1) is 20.6. The van der Waals surface area contributed by atoms with Crippen LogP contribution in [0.2, 0.25) is 0 Å². The highest BCUT2D eigenvalue weighted by atomic mass is 32.1. The molecule has 0 saturated carbocycles. The van der Waals surface area contributed by atoms with Crippen molar-refractivity contribution in [3.05, 3.63) is 39.4 Å². The summed E-state index contributed by atoms with van der Waals surface area (Å²) in [6.45, 7) is 4.21. The molecule has 9 heteroatoms. The van der Waals surface area contributed by atoms with E-state index in [4.69, 9.17) is 10.3 Å². The Labute approximate surface area is 179 Å². The van der Waals surface area contributed by atoms with Crippen molar-refractivity contribution in [1.29, 1.82) is 0 Å². The van der Waals surface area contributed by atoms with Gasteiger partial charge >= 0.3 is 0 Å². The fraction of sp³-hybridized carbons (Fsp3) is 0.524. The van der Waals surface area contributed by atoms with Crippen LogP contribution in [0.25, 0.3) is 0 Å². The minimum Gasteiger partial charge on any atom is -0.369 e. The largest absolute Gasteiger partial charge is 0.369 e. The van der Waals surface area contributed by atoms with Gasteiger partial charge in [-0.15, -0.1) is 11.3 Å². The Balaban J connectivity index is 1.35. The van der Waals surface area contributed by atoms with Gasteiger partial charge in [0.1, 0.15) is 0 Å². The predicted octanol–water partition coefficient (Wildman–Crippen LogP) is 2.40. The van der Waals surface area contributed by atoms with Gasteiger partial charge in [-0.2, -0.15) is 0 Å². The van der Waals surface area contributed by atoms with Crippen LogP contribution < -0.4 is 5.73 Å². The Morgan fingerprint density at radius 2 is 1.87 bits per heavy atom. The van der Waals surface area contributed by atoms with Crippen molar-refractivity contribution in [3.63, 3.8) is 0 Å². The highest BCUT2D eigenvalue weighted by Gasteiger charge is 2.31. The quantitative estimate of drug-likeness (QED) is 0.801. The molecule has 4 rings (SSSR count). The SMILES string of the molecule is Cc1csc(C(=O)N2CCC(c3cc(C(=O)N4CCC[C@@H](C(N)=O)C4)on3)CC2)c1. The van der Waals surface area contributed by atoms with E-state index in [1.807, 2.05) is 23.3 Å². The highest BCUT2D eigenvalue weighted by molar-refractivity contribution is 7.12. The van der Waals surface area contributed by atoms with E-state index in [0.29, 0.717) is 32.6 Å². The summed E-state index contributed by atoms with van der Waals surface area (Å²) < 4.78 is 5.34. The van der Waals surface area contributed by atoms with Crippen LogP contribution in [-0.4, -0.2) is 58.9 Å². The van der Waals surface area contributed by atoms with E-state index in [-0.39, 0.29) is 35.3 Å². The van der Waals surface area contributed by atoms with Crippen LogP contribution in [-0.2, 0) is 4.79 Å². The van der Waals surface area contributed by atoms with E-state index in [0.717, 1.165) is 35.4 Å². The van der Waals surface area contributed by atoms with Crippen molar-refractivity contribution in [2.24, 2.45) is 11.7 Å². The minimum atomic E-state index is -0.371. The van der Waals surface area contributed by atoms with Crippen LogP contribution in [0.3, 0.4) is 0 Å². The Morgan fingerprint density at radius 3 is 2.53 bits per heavy atom. The van der Waals surface area contributed by atoms with Gasteiger partial charge in [0.05, 0.1) is 16.5 Å². The van der Waals surface area contributed by atoms with E-state index in [1.54, 1.807) is 11.0 Å². The number of nitrogens with two attached hydrogens (primary N) is 1. The van der Waals surface area contributed by atoms with Gasteiger partial charge in [0.25, 0.3) is 11.8 Å². The van der Waals surface area contributed by atoms with Gasteiger partial charge in [-0.1, -0.05) is 5.16 Å². The summed E-state index contributed by atoms with van der Waals surface area (Å²) in [5.41, 5.74) is 7.26. The average molecular weight is 431 g/mol. The third kappa shape index (κ3) is 4.26. The monoisotopic (exact) mass is 430 g/mol. The zero-order valence-electron chi connectivity index (χ0n) is 17.0. The van der Waals surface area contributed by atoms with Gasteiger partial charge in [0, 0.05) is 38.2 Å². The molecule has 2 aliphatic heterocycles. The molecule has 2 N–H and O–H groups in total. The standard InChI is InChI=1S/C21H26N4O4S/c1-13-9-18(30-12-13)21(28)24-7-4-14(5-8-24)16-10-17(29-23-16)20(27)25-6-2-3-15(11-25)19(22)26/h9-10,12,14-15H,2-8,11H2,1H3,(H2,22,26)/t15-/m1/s1. The summed E-state index contributed by atoms with van der Waals surface area (Å²) in [6, 6.07) is 3.64. The normalized spacial score (nSPS) is 20.4.